The predicted octanol–water partition coefficient (Wildman–Crippen LogP) is 3.32. The van der Waals surface area contributed by atoms with Crippen LogP contribution in [0.3, 0.4) is 0 Å². The van der Waals surface area contributed by atoms with Crippen molar-refractivity contribution in [3.63, 3.8) is 0 Å². The number of nitrogens with zero attached hydrogens (tertiary/aromatic N) is 3. The molecule has 0 bridgehead atoms. The maximum Gasteiger partial charge on any atom is 0.253 e. The van der Waals surface area contributed by atoms with Crippen molar-refractivity contribution in [2.75, 3.05) is 5.32 Å². The Balaban J connectivity index is 1.95. The van der Waals surface area contributed by atoms with Gasteiger partial charge in [-0.1, -0.05) is 11.6 Å². The van der Waals surface area contributed by atoms with Crippen LogP contribution in [0.15, 0.2) is 35.3 Å². The highest BCUT2D eigenvalue weighted by atomic mass is 35.5. The van der Waals surface area contributed by atoms with Crippen LogP contribution in [0.2, 0.25) is 5.02 Å². The van der Waals surface area contributed by atoms with Crippen LogP contribution in [-0.2, 0) is 0 Å². The average molecular weight is 340 g/mol. The second-order valence-corrected chi connectivity index (χ2v) is 5.89. The summed E-state index contributed by atoms with van der Waals surface area (Å²) in [5.74, 6) is 0.365. The summed E-state index contributed by atoms with van der Waals surface area (Å²) in [7, 11) is 0. The molecule has 120 valence electrons. The highest BCUT2D eigenvalue weighted by molar-refractivity contribution is 6.31. The molecule has 1 atom stereocenters. The quantitative estimate of drug-likeness (QED) is 0.763. The monoisotopic (exact) mass is 339 g/mol. The van der Waals surface area contributed by atoms with Crippen LogP contribution in [0.1, 0.15) is 29.8 Å². The van der Waals surface area contributed by atoms with Crippen LogP contribution in [0.4, 0.5) is 5.95 Å². The maximum atomic E-state index is 12.3. The van der Waals surface area contributed by atoms with Crippen molar-refractivity contribution < 1.29 is 0 Å². The van der Waals surface area contributed by atoms with E-state index in [2.05, 4.69) is 20.3 Å². The van der Waals surface area contributed by atoms with E-state index in [-0.39, 0.29) is 11.6 Å². The number of aromatic amines is 1. The molecule has 0 amide bonds. The molecule has 3 rings (SSSR count). The van der Waals surface area contributed by atoms with Crippen molar-refractivity contribution in [1.29, 1.82) is 5.26 Å². The first-order valence-electron chi connectivity index (χ1n) is 7.30. The van der Waals surface area contributed by atoms with Gasteiger partial charge in [0.1, 0.15) is 6.07 Å². The molecule has 3 aromatic rings. The topological polar surface area (TPSA) is 94.5 Å². The number of hydrogen-bond donors (Lipinski definition) is 2. The summed E-state index contributed by atoms with van der Waals surface area (Å²) in [5, 5.41) is 13.5. The molecule has 2 aromatic heterocycles. The number of rotatable bonds is 3. The highest BCUT2D eigenvalue weighted by Gasteiger charge is 2.13. The third-order valence-corrected chi connectivity index (χ3v) is 3.98. The van der Waals surface area contributed by atoms with E-state index in [0.29, 0.717) is 27.8 Å². The zero-order valence-electron chi connectivity index (χ0n) is 13.1. The number of anilines is 1. The largest absolute Gasteiger partial charge is 0.347 e. The van der Waals surface area contributed by atoms with E-state index < -0.39 is 0 Å². The molecule has 0 aliphatic rings. The van der Waals surface area contributed by atoms with Gasteiger partial charge in [-0.2, -0.15) is 5.26 Å². The Morgan fingerprint density at radius 3 is 2.88 bits per heavy atom. The SMILES string of the molecule is Cc1nc(NC(C)c2cc3cc(Cl)ccc3[nH]c2=O)ncc1C#N. The van der Waals surface area contributed by atoms with Gasteiger partial charge in [0.25, 0.3) is 5.56 Å². The molecule has 0 saturated heterocycles. The second-order valence-electron chi connectivity index (χ2n) is 5.46. The first-order valence-corrected chi connectivity index (χ1v) is 7.68. The molecular weight excluding hydrogens is 326 g/mol. The lowest BCUT2D eigenvalue weighted by atomic mass is 10.1. The summed E-state index contributed by atoms with van der Waals surface area (Å²) in [5.41, 5.74) is 2.10. The molecule has 7 heteroatoms. The van der Waals surface area contributed by atoms with Crippen LogP contribution in [0.5, 0.6) is 0 Å². The van der Waals surface area contributed by atoms with Crippen LogP contribution in [-0.4, -0.2) is 15.0 Å². The van der Waals surface area contributed by atoms with E-state index in [4.69, 9.17) is 16.9 Å². The van der Waals surface area contributed by atoms with E-state index in [1.807, 2.05) is 13.0 Å². The van der Waals surface area contributed by atoms with Gasteiger partial charge in [-0.25, -0.2) is 9.97 Å². The highest BCUT2D eigenvalue weighted by Crippen LogP contribution is 2.21. The zero-order chi connectivity index (χ0) is 17.3. The molecular formula is C17H14ClN5O. The van der Waals surface area contributed by atoms with Gasteiger partial charge in [-0.05, 0) is 38.1 Å². The van der Waals surface area contributed by atoms with Gasteiger partial charge < -0.3 is 10.3 Å². The molecule has 0 aliphatic heterocycles. The lowest BCUT2D eigenvalue weighted by Crippen LogP contribution is -2.20. The Labute approximate surface area is 143 Å². The third-order valence-electron chi connectivity index (χ3n) is 3.75. The van der Waals surface area contributed by atoms with E-state index in [1.54, 1.807) is 31.2 Å². The summed E-state index contributed by atoms with van der Waals surface area (Å²) < 4.78 is 0. The number of nitrogens with one attached hydrogen (secondary N) is 2. The van der Waals surface area contributed by atoms with Gasteiger partial charge in [-0.15, -0.1) is 0 Å². The van der Waals surface area contributed by atoms with Gasteiger partial charge in [0.2, 0.25) is 5.95 Å². The van der Waals surface area contributed by atoms with Crippen LogP contribution in [0, 0.1) is 18.3 Å². The van der Waals surface area contributed by atoms with Gasteiger partial charge in [0.15, 0.2) is 0 Å². The molecule has 0 saturated carbocycles. The number of H-pyrrole nitrogens is 1. The third kappa shape index (κ3) is 3.07. The number of halogens is 1. The van der Waals surface area contributed by atoms with Gasteiger partial charge in [0.05, 0.1) is 23.5 Å². The van der Waals surface area contributed by atoms with Crippen molar-refractivity contribution in [2.24, 2.45) is 0 Å². The fraction of sp³-hybridized carbons (Fsp3) is 0.176. The van der Waals surface area contributed by atoms with Gasteiger partial charge in [-0.3, -0.25) is 4.79 Å². The molecule has 6 nitrogen and oxygen atoms in total. The smallest absolute Gasteiger partial charge is 0.253 e. The summed E-state index contributed by atoms with van der Waals surface area (Å²) >= 11 is 6.01. The van der Waals surface area contributed by atoms with Gasteiger partial charge >= 0.3 is 0 Å². The van der Waals surface area contributed by atoms with Crippen LogP contribution < -0.4 is 10.9 Å². The van der Waals surface area contributed by atoms with Crippen molar-refractivity contribution in [2.45, 2.75) is 19.9 Å². The molecule has 0 radical (unpaired) electrons. The number of aromatic nitrogens is 3. The molecule has 2 heterocycles. The summed E-state index contributed by atoms with van der Waals surface area (Å²) in [6, 6.07) is 8.81. The first kappa shape index (κ1) is 16.0. The number of benzene rings is 1. The number of aryl methyl sites for hydroxylation is 1. The summed E-state index contributed by atoms with van der Waals surface area (Å²) in [6.45, 7) is 3.58. The Hall–Kier alpha value is -2.91. The molecule has 0 spiro atoms. The van der Waals surface area contributed by atoms with Gasteiger partial charge in [0, 0.05) is 21.5 Å². The number of hydrogen-bond acceptors (Lipinski definition) is 5. The van der Waals surface area contributed by atoms with E-state index >= 15 is 0 Å². The Bertz CT molecular complexity index is 1020. The first-order chi connectivity index (χ1) is 11.5. The van der Waals surface area contributed by atoms with Crippen LogP contribution in [0.25, 0.3) is 10.9 Å². The normalized spacial score (nSPS) is 11.9. The van der Waals surface area contributed by atoms with Crippen molar-refractivity contribution in [3.8, 4) is 6.07 Å². The van der Waals surface area contributed by atoms with E-state index in [0.717, 1.165) is 10.9 Å². The predicted molar refractivity (Wildman–Crippen MR) is 93.1 cm³/mol. The average Bonchev–Trinajstić information content (AvgIpc) is 2.54. The second kappa shape index (κ2) is 6.30. The zero-order valence-corrected chi connectivity index (χ0v) is 13.8. The Morgan fingerprint density at radius 1 is 1.38 bits per heavy atom. The fourth-order valence-electron chi connectivity index (χ4n) is 2.43. The lowest BCUT2D eigenvalue weighted by Gasteiger charge is -2.14. The molecule has 0 aliphatic carbocycles. The summed E-state index contributed by atoms with van der Waals surface area (Å²) in [4.78, 5) is 23.5. The minimum Gasteiger partial charge on any atom is -0.347 e. The molecule has 2 N–H and O–H groups in total. The molecule has 1 unspecified atom stereocenters. The Morgan fingerprint density at radius 2 is 2.17 bits per heavy atom. The van der Waals surface area contributed by atoms with Crippen LogP contribution >= 0.6 is 11.6 Å². The fourth-order valence-corrected chi connectivity index (χ4v) is 2.61. The number of fused-ring (bicyclic) bond motifs is 1. The van der Waals surface area contributed by atoms with Crippen molar-refractivity contribution in [1.82, 2.24) is 15.0 Å². The Kier molecular flexibility index (Phi) is 4.19. The lowest BCUT2D eigenvalue weighted by molar-refractivity contribution is 0.841. The molecule has 24 heavy (non-hydrogen) atoms. The minimum atomic E-state index is -0.315. The van der Waals surface area contributed by atoms with E-state index in [9.17, 15) is 4.79 Å². The van der Waals surface area contributed by atoms with Crippen molar-refractivity contribution >= 4 is 28.5 Å². The number of nitriles is 1. The maximum absolute atomic E-state index is 12.3. The summed E-state index contributed by atoms with van der Waals surface area (Å²) in [6.07, 6.45) is 1.46. The number of pyridine rings is 1. The standard InChI is InChI=1S/C17H14ClN5O/c1-9-12(7-19)8-20-17(21-9)22-10(2)14-6-11-5-13(18)3-4-15(11)23-16(14)24/h3-6,8,10H,1-2H3,(H,23,24)(H,20,21,22). The van der Waals surface area contributed by atoms with E-state index in [1.165, 1.54) is 6.20 Å². The molecule has 1 aromatic carbocycles. The minimum absolute atomic E-state index is 0.185. The van der Waals surface area contributed by atoms with Crippen molar-refractivity contribution in [3.05, 3.63) is 62.7 Å². The molecule has 0 fully saturated rings.